The first-order valence-corrected chi connectivity index (χ1v) is 8.19. The number of ether oxygens (including phenoxy) is 2. The summed E-state index contributed by atoms with van der Waals surface area (Å²) in [6.07, 6.45) is -1.59. The van der Waals surface area contributed by atoms with E-state index in [4.69, 9.17) is 21.1 Å². The fraction of sp³-hybridized carbons (Fsp3) is 0.222. The van der Waals surface area contributed by atoms with Crippen molar-refractivity contribution in [1.29, 1.82) is 0 Å². The van der Waals surface area contributed by atoms with E-state index >= 15 is 0 Å². The highest BCUT2D eigenvalue weighted by Gasteiger charge is 2.32. The zero-order chi connectivity index (χ0) is 18.7. The van der Waals surface area contributed by atoms with Crippen LogP contribution in [0.4, 0.5) is 9.18 Å². The lowest BCUT2D eigenvalue weighted by molar-refractivity contribution is -0.128. The Morgan fingerprint density at radius 3 is 2.69 bits per heavy atom. The summed E-state index contributed by atoms with van der Waals surface area (Å²) >= 11 is 6.01. The molecule has 2 atom stereocenters. The van der Waals surface area contributed by atoms with Crippen molar-refractivity contribution in [1.82, 2.24) is 10.6 Å². The Morgan fingerprint density at radius 2 is 2.08 bits per heavy atom. The van der Waals surface area contributed by atoms with Crippen molar-refractivity contribution in [2.45, 2.75) is 12.1 Å². The zero-order valence-corrected chi connectivity index (χ0v) is 14.5. The number of hydrogen-bond donors (Lipinski definition) is 2. The summed E-state index contributed by atoms with van der Waals surface area (Å²) in [5.41, 5.74) is 1.27. The number of benzene rings is 2. The van der Waals surface area contributed by atoms with Crippen LogP contribution in [-0.4, -0.2) is 31.8 Å². The molecule has 26 heavy (non-hydrogen) atoms. The minimum absolute atomic E-state index is 0.0819. The third kappa shape index (κ3) is 3.88. The molecule has 2 N–H and O–H groups in total. The average Bonchev–Trinajstić information content (AvgIpc) is 3.07. The van der Waals surface area contributed by atoms with Gasteiger partial charge in [-0.25, -0.2) is 9.18 Å². The summed E-state index contributed by atoms with van der Waals surface area (Å²) in [4.78, 5) is 23.7. The first kappa shape index (κ1) is 18.0. The minimum Gasteiger partial charge on any atom is -0.496 e. The van der Waals surface area contributed by atoms with Gasteiger partial charge in [-0.15, -0.1) is 0 Å². The number of alkyl carbamates (subject to hydrolysis) is 1. The smallest absolute Gasteiger partial charge is 0.408 e. The highest BCUT2D eigenvalue weighted by molar-refractivity contribution is 6.30. The largest absolute Gasteiger partial charge is 0.496 e. The lowest BCUT2D eigenvalue weighted by Crippen LogP contribution is -2.39. The van der Waals surface area contributed by atoms with Gasteiger partial charge < -0.3 is 20.1 Å². The van der Waals surface area contributed by atoms with Gasteiger partial charge in [0.25, 0.3) is 5.91 Å². The van der Waals surface area contributed by atoms with E-state index in [-0.39, 0.29) is 6.54 Å². The van der Waals surface area contributed by atoms with Crippen LogP contribution in [0.25, 0.3) is 0 Å². The van der Waals surface area contributed by atoms with Crippen LogP contribution < -0.4 is 15.4 Å². The Balaban J connectivity index is 1.95. The predicted octanol–water partition coefficient (Wildman–Crippen LogP) is 2.80. The first-order chi connectivity index (χ1) is 12.5. The molecule has 0 radical (unpaired) electrons. The van der Waals surface area contributed by atoms with Gasteiger partial charge in [-0.05, 0) is 29.8 Å². The molecule has 0 spiro atoms. The topological polar surface area (TPSA) is 76.7 Å². The zero-order valence-electron chi connectivity index (χ0n) is 13.8. The molecule has 2 aromatic rings. The van der Waals surface area contributed by atoms with Gasteiger partial charge in [-0.2, -0.15) is 0 Å². The molecule has 1 aliphatic rings. The van der Waals surface area contributed by atoms with Crippen LogP contribution in [0.15, 0.2) is 42.5 Å². The maximum atomic E-state index is 13.3. The minimum atomic E-state index is -0.941. The number of hydrogen-bond acceptors (Lipinski definition) is 4. The van der Waals surface area contributed by atoms with Crippen molar-refractivity contribution in [2.24, 2.45) is 0 Å². The van der Waals surface area contributed by atoms with E-state index in [1.165, 1.54) is 19.2 Å². The average molecular weight is 379 g/mol. The molecule has 2 aromatic carbocycles. The van der Waals surface area contributed by atoms with Crippen molar-refractivity contribution < 1.29 is 23.5 Å². The van der Waals surface area contributed by atoms with Gasteiger partial charge in [0.1, 0.15) is 11.6 Å². The molecule has 8 heteroatoms. The summed E-state index contributed by atoms with van der Waals surface area (Å²) in [7, 11) is 1.49. The third-order valence-corrected chi connectivity index (χ3v) is 4.21. The van der Waals surface area contributed by atoms with Gasteiger partial charge in [0.05, 0.1) is 19.7 Å². The second-order valence-electron chi connectivity index (χ2n) is 5.65. The number of carbonyl (C=O) groups is 2. The molecule has 2 amide bonds. The Hall–Kier alpha value is -2.80. The van der Waals surface area contributed by atoms with Gasteiger partial charge in [-0.1, -0.05) is 29.8 Å². The number of carbonyl (C=O) groups excluding carboxylic acids is 2. The van der Waals surface area contributed by atoms with Crippen molar-refractivity contribution in [2.75, 3.05) is 13.7 Å². The monoisotopic (exact) mass is 378 g/mol. The normalized spacial score (nSPS) is 17.2. The molecule has 0 aliphatic carbocycles. The van der Waals surface area contributed by atoms with Crippen molar-refractivity contribution in [3.8, 4) is 5.75 Å². The number of amides is 2. The van der Waals surface area contributed by atoms with E-state index in [1.54, 1.807) is 30.3 Å². The summed E-state index contributed by atoms with van der Waals surface area (Å²) in [5, 5.41) is 5.73. The van der Waals surface area contributed by atoms with E-state index in [0.29, 0.717) is 21.9 Å². The molecule has 3 rings (SSSR count). The Kier molecular flexibility index (Phi) is 5.27. The number of rotatable bonds is 5. The van der Waals surface area contributed by atoms with Crippen molar-refractivity contribution in [3.63, 3.8) is 0 Å². The Labute approximate surface area is 154 Å². The highest BCUT2D eigenvalue weighted by Crippen LogP contribution is 2.32. The number of nitrogens with one attached hydrogen (secondary N) is 2. The molecule has 1 heterocycles. The SMILES string of the molecule is COc1cc(Cl)ccc1C(NC(=O)C1CNC(=O)O1)c1ccc(F)cc1. The lowest BCUT2D eigenvalue weighted by Gasteiger charge is -2.23. The molecule has 0 bridgehead atoms. The number of halogens is 2. The Morgan fingerprint density at radius 1 is 1.35 bits per heavy atom. The highest BCUT2D eigenvalue weighted by atomic mass is 35.5. The molecule has 1 saturated heterocycles. The molecule has 1 aliphatic heterocycles. The van der Waals surface area contributed by atoms with Crippen LogP contribution in [-0.2, 0) is 9.53 Å². The van der Waals surface area contributed by atoms with E-state index < -0.39 is 30.0 Å². The van der Waals surface area contributed by atoms with Gasteiger partial charge in [0.15, 0.2) is 6.10 Å². The molecule has 0 saturated carbocycles. The molecule has 6 nitrogen and oxygen atoms in total. The molecular weight excluding hydrogens is 363 g/mol. The van der Waals surface area contributed by atoms with Crippen molar-refractivity contribution in [3.05, 3.63) is 64.4 Å². The predicted molar refractivity (Wildman–Crippen MR) is 92.7 cm³/mol. The van der Waals surface area contributed by atoms with Crippen molar-refractivity contribution >= 4 is 23.6 Å². The summed E-state index contributed by atoms with van der Waals surface area (Å²) in [6.45, 7) is 0.0819. The van der Waals surface area contributed by atoms with Crippen LogP contribution in [0.3, 0.4) is 0 Å². The first-order valence-electron chi connectivity index (χ1n) is 7.81. The summed E-state index contributed by atoms with van der Waals surface area (Å²) in [5.74, 6) is -0.404. The van der Waals surface area contributed by atoms with Gasteiger partial charge >= 0.3 is 6.09 Å². The van der Waals surface area contributed by atoms with Gasteiger partial charge in [0.2, 0.25) is 0 Å². The molecular formula is C18H16ClFN2O4. The summed E-state index contributed by atoms with van der Waals surface area (Å²) < 4.78 is 23.6. The maximum absolute atomic E-state index is 13.3. The fourth-order valence-corrected chi connectivity index (χ4v) is 2.85. The molecule has 0 aromatic heterocycles. The molecule has 136 valence electrons. The standard InChI is InChI=1S/C18H16ClFN2O4/c1-25-14-8-11(19)4-7-13(14)16(10-2-5-12(20)6-3-10)22-17(23)15-9-21-18(24)26-15/h2-8,15-16H,9H2,1H3,(H,21,24)(H,22,23). The van der Waals surface area contributed by atoms with E-state index in [1.807, 2.05) is 0 Å². The second kappa shape index (κ2) is 7.61. The molecule has 2 unspecified atom stereocenters. The van der Waals surface area contributed by atoms with E-state index in [9.17, 15) is 14.0 Å². The second-order valence-corrected chi connectivity index (χ2v) is 6.09. The quantitative estimate of drug-likeness (QED) is 0.838. The van der Waals surface area contributed by atoms with Gasteiger partial charge in [0, 0.05) is 10.6 Å². The maximum Gasteiger partial charge on any atom is 0.408 e. The van der Waals surface area contributed by atoms with Crippen LogP contribution in [0.5, 0.6) is 5.75 Å². The summed E-state index contributed by atoms with van der Waals surface area (Å²) in [6, 6.07) is 10.1. The lowest BCUT2D eigenvalue weighted by atomic mass is 9.97. The van der Waals surface area contributed by atoms with Crippen LogP contribution >= 0.6 is 11.6 Å². The number of methoxy groups -OCH3 is 1. The fourth-order valence-electron chi connectivity index (χ4n) is 2.69. The number of cyclic esters (lactones) is 1. The van der Waals surface area contributed by atoms with Crippen LogP contribution in [0, 0.1) is 5.82 Å². The van der Waals surface area contributed by atoms with Gasteiger partial charge in [-0.3, -0.25) is 4.79 Å². The van der Waals surface area contributed by atoms with E-state index in [0.717, 1.165) is 0 Å². The Bertz CT molecular complexity index is 828. The third-order valence-electron chi connectivity index (χ3n) is 3.97. The van der Waals surface area contributed by atoms with Crippen LogP contribution in [0.1, 0.15) is 17.2 Å². The van der Waals surface area contributed by atoms with E-state index in [2.05, 4.69) is 10.6 Å². The molecule has 1 fully saturated rings. The van der Waals surface area contributed by atoms with Crippen LogP contribution in [0.2, 0.25) is 5.02 Å².